The van der Waals surface area contributed by atoms with E-state index in [0.29, 0.717) is 15.6 Å². The maximum atomic E-state index is 13.3. The summed E-state index contributed by atoms with van der Waals surface area (Å²) in [5.74, 6) is 0.0389. The van der Waals surface area contributed by atoms with Crippen LogP contribution in [-0.4, -0.2) is 20.2 Å². The van der Waals surface area contributed by atoms with Crippen molar-refractivity contribution < 1.29 is 14.0 Å². The van der Waals surface area contributed by atoms with Gasteiger partial charge in [0.2, 0.25) is 5.82 Å². The first-order chi connectivity index (χ1) is 9.63. The highest BCUT2D eigenvalue weighted by atomic mass is 79.9. The Kier molecular flexibility index (Phi) is 3.19. The Labute approximate surface area is 121 Å². The van der Waals surface area contributed by atoms with E-state index in [1.165, 1.54) is 30.6 Å². The molecule has 0 bridgehead atoms. The molecule has 0 spiro atoms. The molecular formula is C13H7BrFN3O2. The normalized spacial score (nSPS) is 10.7. The predicted molar refractivity (Wildman–Crippen MR) is 72.3 cm³/mol. The molecule has 0 aliphatic rings. The molecule has 0 aliphatic heterocycles. The summed E-state index contributed by atoms with van der Waals surface area (Å²) in [6.45, 7) is 0. The zero-order valence-electron chi connectivity index (χ0n) is 9.92. The summed E-state index contributed by atoms with van der Waals surface area (Å²) < 4.78 is 19.0. The maximum Gasteiger partial charge on any atom is 0.259 e. The van der Waals surface area contributed by atoms with Crippen molar-refractivity contribution in [3.05, 3.63) is 46.9 Å². The van der Waals surface area contributed by atoms with Crippen LogP contribution in [0, 0.1) is 5.82 Å². The maximum absolute atomic E-state index is 13.3. The Morgan fingerprint density at radius 1 is 1.20 bits per heavy atom. The number of hydrogen-bond donors (Lipinski definition) is 1. The van der Waals surface area contributed by atoms with Crippen molar-refractivity contribution >= 4 is 15.9 Å². The molecule has 5 nitrogen and oxygen atoms in total. The quantitative estimate of drug-likeness (QED) is 0.776. The van der Waals surface area contributed by atoms with E-state index >= 15 is 0 Å². The van der Waals surface area contributed by atoms with E-state index in [9.17, 15) is 9.50 Å². The van der Waals surface area contributed by atoms with Crippen LogP contribution in [0.3, 0.4) is 0 Å². The van der Waals surface area contributed by atoms with Gasteiger partial charge < -0.3 is 9.63 Å². The molecule has 3 rings (SSSR count). The molecule has 2 aromatic heterocycles. The zero-order chi connectivity index (χ0) is 14.1. The summed E-state index contributed by atoms with van der Waals surface area (Å²) in [6, 6.07) is 5.65. The van der Waals surface area contributed by atoms with Gasteiger partial charge in [-0.05, 0) is 24.3 Å². The molecule has 0 radical (unpaired) electrons. The Bertz CT molecular complexity index is 776. The SMILES string of the molecule is Oc1cncc(-c2nc(-c3cc(F)ccc3Br)no2)c1. The van der Waals surface area contributed by atoms with Crippen molar-refractivity contribution in [2.75, 3.05) is 0 Å². The van der Waals surface area contributed by atoms with Gasteiger partial charge in [0, 0.05) is 16.2 Å². The van der Waals surface area contributed by atoms with Crippen LogP contribution in [0.2, 0.25) is 0 Å². The number of aromatic hydroxyl groups is 1. The second kappa shape index (κ2) is 5.01. The lowest BCUT2D eigenvalue weighted by Crippen LogP contribution is -1.85. The molecule has 0 unspecified atom stereocenters. The Hall–Kier alpha value is -2.28. The van der Waals surface area contributed by atoms with Crippen molar-refractivity contribution in [2.45, 2.75) is 0 Å². The number of hydrogen-bond acceptors (Lipinski definition) is 5. The van der Waals surface area contributed by atoms with Crippen LogP contribution < -0.4 is 0 Å². The minimum Gasteiger partial charge on any atom is -0.506 e. The van der Waals surface area contributed by atoms with Crippen LogP contribution in [0.25, 0.3) is 22.8 Å². The summed E-state index contributed by atoms with van der Waals surface area (Å²) in [5.41, 5.74) is 0.962. The molecule has 0 amide bonds. The molecule has 2 heterocycles. The molecule has 0 aliphatic carbocycles. The lowest BCUT2D eigenvalue weighted by Gasteiger charge is -1.98. The van der Waals surface area contributed by atoms with E-state index in [2.05, 4.69) is 31.1 Å². The number of nitrogens with zero attached hydrogens (tertiary/aromatic N) is 3. The molecule has 0 saturated heterocycles. The highest BCUT2D eigenvalue weighted by molar-refractivity contribution is 9.10. The molecule has 20 heavy (non-hydrogen) atoms. The third-order valence-corrected chi connectivity index (χ3v) is 3.26. The van der Waals surface area contributed by atoms with E-state index < -0.39 is 5.82 Å². The largest absolute Gasteiger partial charge is 0.506 e. The highest BCUT2D eigenvalue weighted by Gasteiger charge is 2.14. The summed E-state index contributed by atoms with van der Waals surface area (Å²) in [4.78, 5) is 8.00. The average Bonchev–Trinajstić information content (AvgIpc) is 2.91. The van der Waals surface area contributed by atoms with E-state index in [1.807, 2.05) is 0 Å². The van der Waals surface area contributed by atoms with Crippen molar-refractivity contribution in [1.82, 2.24) is 15.1 Å². The van der Waals surface area contributed by atoms with Crippen molar-refractivity contribution in [1.29, 1.82) is 0 Å². The molecule has 1 N–H and O–H groups in total. The van der Waals surface area contributed by atoms with Crippen LogP contribution >= 0.6 is 15.9 Å². The van der Waals surface area contributed by atoms with Gasteiger partial charge >= 0.3 is 0 Å². The fourth-order valence-corrected chi connectivity index (χ4v) is 2.09. The number of rotatable bonds is 2. The Morgan fingerprint density at radius 3 is 2.85 bits per heavy atom. The number of pyridine rings is 1. The lowest BCUT2D eigenvalue weighted by atomic mass is 10.2. The summed E-state index contributed by atoms with van der Waals surface area (Å²) in [5, 5.41) is 13.2. The summed E-state index contributed by atoms with van der Waals surface area (Å²) in [6.07, 6.45) is 2.78. The van der Waals surface area contributed by atoms with Gasteiger partial charge in [-0.25, -0.2) is 4.39 Å². The van der Waals surface area contributed by atoms with Gasteiger partial charge in [-0.3, -0.25) is 4.98 Å². The van der Waals surface area contributed by atoms with Gasteiger partial charge in [-0.2, -0.15) is 4.98 Å². The molecule has 0 saturated carbocycles. The van der Waals surface area contributed by atoms with E-state index in [1.54, 1.807) is 6.07 Å². The minimum absolute atomic E-state index is 0.00538. The van der Waals surface area contributed by atoms with Gasteiger partial charge in [0.25, 0.3) is 5.89 Å². The predicted octanol–water partition coefficient (Wildman–Crippen LogP) is 3.41. The van der Waals surface area contributed by atoms with Gasteiger partial charge in [-0.1, -0.05) is 21.1 Å². The average molecular weight is 336 g/mol. The molecule has 100 valence electrons. The van der Waals surface area contributed by atoms with Crippen LogP contribution in [-0.2, 0) is 0 Å². The van der Waals surface area contributed by atoms with E-state index in [0.717, 1.165) is 0 Å². The monoisotopic (exact) mass is 335 g/mol. The van der Waals surface area contributed by atoms with E-state index in [-0.39, 0.29) is 17.5 Å². The van der Waals surface area contributed by atoms with Crippen LogP contribution in [0.1, 0.15) is 0 Å². The second-order valence-electron chi connectivity index (χ2n) is 3.98. The molecule has 7 heteroatoms. The molecule has 0 fully saturated rings. The molecule has 0 atom stereocenters. The number of benzene rings is 1. The van der Waals surface area contributed by atoms with E-state index in [4.69, 9.17) is 4.52 Å². The van der Waals surface area contributed by atoms with Gasteiger partial charge in [0.05, 0.1) is 11.8 Å². The van der Waals surface area contributed by atoms with Gasteiger partial charge in [0.1, 0.15) is 11.6 Å². The topological polar surface area (TPSA) is 72.0 Å². The highest BCUT2D eigenvalue weighted by Crippen LogP contribution is 2.29. The smallest absolute Gasteiger partial charge is 0.259 e. The van der Waals surface area contributed by atoms with Crippen molar-refractivity contribution in [3.8, 4) is 28.6 Å². The number of halogens is 2. The van der Waals surface area contributed by atoms with Crippen molar-refractivity contribution in [3.63, 3.8) is 0 Å². The zero-order valence-corrected chi connectivity index (χ0v) is 11.5. The third kappa shape index (κ3) is 2.39. The third-order valence-electron chi connectivity index (χ3n) is 2.57. The number of aromatic nitrogens is 3. The Morgan fingerprint density at radius 2 is 2.05 bits per heavy atom. The van der Waals surface area contributed by atoms with Crippen LogP contribution in [0.5, 0.6) is 5.75 Å². The lowest BCUT2D eigenvalue weighted by molar-refractivity contribution is 0.431. The summed E-state index contributed by atoms with van der Waals surface area (Å²) >= 11 is 3.30. The standard InChI is InChI=1S/C13H7BrFN3O2/c14-11-2-1-8(15)4-10(11)12-17-13(20-18-12)7-3-9(19)6-16-5-7/h1-6,19H. The minimum atomic E-state index is -0.395. The summed E-state index contributed by atoms with van der Waals surface area (Å²) in [7, 11) is 0. The molecule has 3 aromatic rings. The van der Waals surface area contributed by atoms with Crippen molar-refractivity contribution in [2.24, 2.45) is 0 Å². The molecular weight excluding hydrogens is 329 g/mol. The van der Waals surface area contributed by atoms with Crippen LogP contribution in [0.15, 0.2) is 45.7 Å². The van der Waals surface area contributed by atoms with Gasteiger partial charge in [-0.15, -0.1) is 0 Å². The second-order valence-corrected chi connectivity index (χ2v) is 4.83. The first-order valence-electron chi connectivity index (χ1n) is 5.57. The molecule has 1 aromatic carbocycles. The fraction of sp³-hybridized carbons (Fsp3) is 0. The Balaban J connectivity index is 2.04. The fourth-order valence-electron chi connectivity index (χ4n) is 1.66. The first-order valence-corrected chi connectivity index (χ1v) is 6.36. The van der Waals surface area contributed by atoms with Crippen LogP contribution in [0.4, 0.5) is 4.39 Å². The van der Waals surface area contributed by atoms with Gasteiger partial charge in [0.15, 0.2) is 0 Å². The first kappa shape index (κ1) is 12.7.